The third-order valence-electron chi connectivity index (χ3n) is 3.55. The summed E-state index contributed by atoms with van der Waals surface area (Å²) >= 11 is 1.80. The summed E-state index contributed by atoms with van der Waals surface area (Å²) in [5.41, 5.74) is 2.31. The second-order valence-electron chi connectivity index (χ2n) is 5.01. The molecule has 0 radical (unpaired) electrons. The molecule has 1 aromatic heterocycles. The van der Waals surface area contributed by atoms with Crippen molar-refractivity contribution in [2.45, 2.75) is 13.5 Å². The number of thiazole rings is 1. The summed E-state index contributed by atoms with van der Waals surface area (Å²) in [6.07, 6.45) is 0. The van der Waals surface area contributed by atoms with E-state index in [1.807, 2.05) is 6.07 Å². The number of benzene rings is 1. The van der Waals surface area contributed by atoms with Crippen LogP contribution in [0.2, 0.25) is 0 Å². The van der Waals surface area contributed by atoms with Gasteiger partial charge in [-0.05, 0) is 6.54 Å². The van der Waals surface area contributed by atoms with Crippen molar-refractivity contribution in [1.29, 1.82) is 0 Å². The van der Waals surface area contributed by atoms with Gasteiger partial charge in [0, 0.05) is 30.1 Å². The summed E-state index contributed by atoms with van der Waals surface area (Å²) in [7, 11) is 0. The summed E-state index contributed by atoms with van der Waals surface area (Å²) in [5, 5.41) is 4.53. The van der Waals surface area contributed by atoms with Crippen LogP contribution in [0.4, 0.5) is 5.13 Å². The smallest absolute Gasteiger partial charge is 0.186 e. The molecule has 0 bridgehead atoms. The van der Waals surface area contributed by atoms with Crippen molar-refractivity contribution in [2.75, 3.05) is 37.7 Å². The molecule has 1 fully saturated rings. The number of nitrogens with one attached hydrogen (secondary N) is 1. The normalized spacial score (nSPS) is 15.4. The number of nitrogens with zero attached hydrogens (tertiary/aromatic N) is 2. The number of hydrogen-bond donors (Lipinski definition) is 1. The van der Waals surface area contributed by atoms with E-state index in [1.165, 1.54) is 10.4 Å². The maximum absolute atomic E-state index is 5.43. The Morgan fingerprint density at radius 1 is 1.24 bits per heavy atom. The van der Waals surface area contributed by atoms with Gasteiger partial charge in [-0.15, -0.1) is 0 Å². The minimum Gasteiger partial charge on any atom is -0.378 e. The van der Waals surface area contributed by atoms with Crippen LogP contribution in [0.1, 0.15) is 11.8 Å². The lowest BCUT2D eigenvalue weighted by Crippen LogP contribution is -2.36. The molecule has 4 nitrogen and oxygen atoms in total. The molecular weight excluding hydrogens is 282 g/mol. The fraction of sp³-hybridized carbons (Fsp3) is 0.438. The Morgan fingerprint density at radius 3 is 2.71 bits per heavy atom. The van der Waals surface area contributed by atoms with E-state index in [2.05, 4.69) is 41.4 Å². The second-order valence-corrected chi connectivity index (χ2v) is 6.08. The molecule has 1 N–H and O–H groups in total. The summed E-state index contributed by atoms with van der Waals surface area (Å²) < 4.78 is 5.43. The number of rotatable bonds is 5. The van der Waals surface area contributed by atoms with Gasteiger partial charge in [-0.2, -0.15) is 0 Å². The van der Waals surface area contributed by atoms with Crippen molar-refractivity contribution in [3.05, 3.63) is 35.2 Å². The first kappa shape index (κ1) is 14.5. The topological polar surface area (TPSA) is 37.4 Å². The quantitative estimate of drug-likeness (QED) is 0.921. The number of aromatic nitrogens is 1. The van der Waals surface area contributed by atoms with E-state index in [0.717, 1.165) is 50.2 Å². The Bertz CT molecular complexity index is 564. The Labute approximate surface area is 129 Å². The zero-order valence-electron chi connectivity index (χ0n) is 12.3. The van der Waals surface area contributed by atoms with Crippen LogP contribution in [0.25, 0.3) is 11.3 Å². The van der Waals surface area contributed by atoms with Crippen LogP contribution in [-0.2, 0) is 11.3 Å². The Balaban J connectivity index is 1.90. The maximum Gasteiger partial charge on any atom is 0.186 e. The van der Waals surface area contributed by atoms with Gasteiger partial charge in [0.15, 0.2) is 5.13 Å². The lowest BCUT2D eigenvalue weighted by atomic mass is 10.1. The van der Waals surface area contributed by atoms with Crippen molar-refractivity contribution in [3.8, 4) is 11.3 Å². The molecule has 2 aromatic rings. The van der Waals surface area contributed by atoms with Crippen LogP contribution in [0.5, 0.6) is 0 Å². The zero-order valence-corrected chi connectivity index (χ0v) is 13.2. The van der Waals surface area contributed by atoms with Crippen molar-refractivity contribution in [2.24, 2.45) is 0 Å². The van der Waals surface area contributed by atoms with Gasteiger partial charge in [0.05, 0.1) is 18.9 Å². The minimum absolute atomic E-state index is 0.794. The molecule has 1 aromatic carbocycles. The lowest BCUT2D eigenvalue weighted by molar-refractivity contribution is 0.122. The Hall–Kier alpha value is -1.43. The summed E-state index contributed by atoms with van der Waals surface area (Å²) in [6, 6.07) is 10.4. The van der Waals surface area contributed by atoms with Crippen LogP contribution in [0, 0.1) is 0 Å². The van der Waals surface area contributed by atoms with Crippen molar-refractivity contribution >= 4 is 16.5 Å². The number of anilines is 1. The third kappa shape index (κ3) is 3.43. The Kier molecular flexibility index (Phi) is 4.85. The van der Waals surface area contributed by atoms with Gasteiger partial charge in [-0.3, -0.25) is 0 Å². The SMILES string of the molecule is CCNCc1sc(N2CCOCC2)nc1-c1ccccc1. The van der Waals surface area contributed by atoms with E-state index < -0.39 is 0 Å². The predicted octanol–water partition coefficient (Wildman–Crippen LogP) is 2.76. The molecule has 5 heteroatoms. The highest BCUT2D eigenvalue weighted by Crippen LogP contribution is 2.33. The van der Waals surface area contributed by atoms with Crippen LogP contribution < -0.4 is 10.2 Å². The van der Waals surface area contributed by atoms with Crippen molar-refractivity contribution in [1.82, 2.24) is 10.3 Å². The second kappa shape index (κ2) is 7.02. The van der Waals surface area contributed by atoms with Crippen LogP contribution in [-0.4, -0.2) is 37.8 Å². The minimum atomic E-state index is 0.794. The summed E-state index contributed by atoms with van der Waals surface area (Å²) in [5.74, 6) is 0. The number of ether oxygens (including phenoxy) is 1. The van der Waals surface area contributed by atoms with Crippen molar-refractivity contribution < 1.29 is 4.74 Å². The molecule has 1 aliphatic heterocycles. The molecule has 0 spiro atoms. The molecule has 1 saturated heterocycles. The van der Waals surface area contributed by atoms with Gasteiger partial charge in [0.25, 0.3) is 0 Å². The van der Waals surface area contributed by atoms with E-state index in [-0.39, 0.29) is 0 Å². The first-order chi connectivity index (χ1) is 10.4. The average molecular weight is 303 g/mol. The monoisotopic (exact) mass is 303 g/mol. The molecule has 1 aliphatic rings. The van der Waals surface area contributed by atoms with Gasteiger partial charge in [-0.1, -0.05) is 48.6 Å². The van der Waals surface area contributed by atoms with Gasteiger partial charge in [0.1, 0.15) is 0 Å². The van der Waals surface area contributed by atoms with Gasteiger partial charge in [-0.25, -0.2) is 4.98 Å². The molecule has 3 rings (SSSR count). The standard InChI is InChI=1S/C16H21N3OS/c1-2-17-12-14-15(13-6-4-3-5-7-13)18-16(21-14)19-8-10-20-11-9-19/h3-7,17H,2,8-12H2,1H3. The molecule has 0 saturated carbocycles. The lowest BCUT2D eigenvalue weighted by Gasteiger charge is -2.26. The van der Waals surface area contributed by atoms with Crippen molar-refractivity contribution in [3.63, 3.8) is 0 Å². The maximum atomic E-state index is 5.43. The van der Waals surface area contributed by atoms with Crippen LogP contribution in [0.15, 0.2) is 30.3 Å². The highest BCUT2D eigenvalue weighted by Gasteiger charge is 2.19. The third-order valence-corrected chi connectivity index (χ3v) is 4.67. The molecule has 0 aliphatic carbocycles. The fourth-order valence-electron chi connectivity index (χ4n) is 2.41. The molecule has 2 heterocycles. The molecular formula is C16H21N3OS. The van der Waals surface area contributed by atoms with E-state index >= 15 is 0 Å². The largest absolute Gasteiger partial charge is 0.378 e. The number of morpholine rings is 1. The highest BCUT2D eigenvalue weighted by molar-refractivity contribution is 7.16. The first-order valence-electron chi connectivity index (χ1n) is 7.47. The first-order valence-corrected chi connectivity index (χ1v) is 8.28. The average Bonchev–Trinajstić information content (AvgIpc) is 2.99. The molecule has 0 atom stereocenters. The molecule has 21 heavy (non-hydrogen) atoms. The highest BCUT2D eigenvalue weighted by atomic mass is 32.1. The van der Waals surface area contributed by atoms with E-state index in [1.54, 1.807) is 11.3 Å². The predicted molar refractivity (Wildman–Crippen MR) is 88.0 cm³/mol. The molecule has 0 amide bonds. The number of hydrogen-bond acceptors (Lipinski definition) is 5. The van der Waals surface area contributed by atoms with E-state index in [4.69, 9.17) is 9.72 Å². The van der Waals surface area contributed by atoms with Crippen LogP contribution in [0.3, 0.4) is 0 Å². The van der Waals surface area contributed by atoms with Gasteiger partial charge < -0.3 is 15.0 Å². The van der Waals surface area contributed by atoms with Gasteiger partial charge in [0.2, 0.25) is 0 Å². The molecule has 112 valence electrons. The van der Waals surface area contributed by atoms with E-state index in [0.29, 0.717) is 0 Å². The fourth-order valence-corrected chi connectivity index (χ4v) is 3.51. The van der Waals surface area contributed by atoms with Gasteiger partial charge >= 0.3 is 0 Å². The summed E-state index contributed by atoms with van der Waals surface area (Å²) in [6.45, 7) is 7.43. The summed E-state index contributed by atoms with van der Waals surface area (Å²) in [4.78, 5) is 8.55. The molecule has 0 unspecified atom stereocenters. The zero-order chi connectivity index (χ0) is 14.5. The van der Waals surface area contributed by atoms with Crippen LogP contribution >= 0.6 is 11.3 Å². The van der Waals surface area contributed by atoms with E-state index in [9.17, 15) is 0 Å². The Morgan fingerprint density at radius 2 is 2.00 bits per heavy atom.